The zero-order valence-corrected chi connectivity index (χ0v) is 17.2. The molecule has 31 heavy (non-hydrogen) atoms. The summed E-state index contributed by atoms with van der Waals surface area (Å²) in [6, 6.07) is 24.0. The molecule has 0 aromatic heterocycles. The molecule has 7 nitrogen and oxygen atoms in total. The van der Waals surface area contributed by atoms with Gasteiger partial charge < -0.3 is 24.8 Å². The number of hydrogen-bond donors (Lipinski definition) is 2. The molecule has 160 valence electrons. The zero-order chi connectivity index (χ0) is 22.1. The summed E-state index contributed by atoms with van der Waals surface area (Å²) in [5.41, 5.74) is 2.94. The number of ether oxygens (including phenoxy) is 2. The number of carbonyl (C=O) groups excluding carboxylic acids is 1. The van der Waals surface area contributed by atoms with E-state index in [0.29, 0.717) is 25.4 Å². The number of benzene rings is 3. The maximum Gasteiger partial charge on any atom is 0.511 e. The Balaban J connectivity index is 1.55. The Morgan fingerprint density at radius 2 is 1.45 bits per heavy atom. The van der Waals surface area contributed by atoms with Gasteiger partial charge in [0.1, 0.15) is 18.1 Å². The first-order valence-corrected chi connectivity index (χ1v) is 9.80. The summed E-state index contributed by atoms with van der Waals surface area (Å²) in [6.07, 6.45) is -1.34. The maximum absolute atomic E-state index is 12.2. The number of rotatable bonds is 8. The molecule has 0 bridgehead atoms. The minimum atomic E-state index is -1.34. The summed E-state index contributed by atoms with van der Waals surface area (Å²) in [4.78, 5) is 24.4. The highest BCUT2D eigenvalue weighted by Crippen LogP contribution is 2.24. The molecule has 0 aliphatic carbocycles. The first kappa shape index (κ1) is 21.7. The van der Waals surface area contributed by atoms with Gasteiger partial charge in [-0.1, -0.05) is 54.6 Å². The second kappa shape index (κ2) is 10.7. The monoisotopic (exact) mass is 420 g/mol. The highest BCUT2D eigenvalue weighted by Gasteiger charge is 2.12. The van der Waals surface area contributed by atoms with Crippen molar-refractivity contribution in [3.05, 3.63) is 84.4 Å². The Hall–Kier alpha value is -4.00. The van der Waals surface area contributed by atoms with Crippen molar-refractivity contribution in [2.75, 3.05) is 20.2 Å². The number of urea groups is 1. The Bertz CT molecular complexity index is 989. The van der Waals surface area contributed by atoms with E-state index in [-0.39, 0.29) is 11.8 Å². The van der Waals surface area contributed by atoms with Crippen LogP contribution >= 0.6 is 0 Å². The van der Waals surface area contributed by atoms with Crippen LogP contribution in [0.4, 0.5) is 9.59 Å². The molecule has 0 saturated carbocycles. The molecule has 2 amide bonds. The minimum absolute atomic E-state index is 0.155. The number of nitrogens with one attached hydrogen (secondary N) is 1. The lowest BCUT2D eigenvalue weighted by atomic mass is 10.1. The highest BCUT2D eigenvalue weighted by molar-refractivity contribution is 5.73. The number of hydrogen-bond acceptors (Lipinski definition) is 4. The van der Waals surface area contributed by atoms with Crippen molar-refractivity contribution in [3.63, 3.8) is 0 Å². The van der Waals surface area contributed by atoms with Crippen molar-refractivity contribution in [2.45, 2.75) is 6.54 Å². The lowest BCUT2D eigenvalue weighted by Crippen LogP contribution is -2.40. The zero-order valence-electron chi connectivity index (χ0n) is 17.2. The topological polar surface area (TPSA) is 88.1 Å². The smallest absolute Gasteiger partial charge is 0.492 e. The molecule has 2 N–H and O–H groups in total. The molecule has 7 heteroatoms. The molecule has 3 aromatic rings. The number of nitrogens with zero attached hydrogens (tertiary/aromatic N) is 1. The van der Waals surface area contributed by atoms with Gasteiger partial charge in [0.2, 0.25) is 0 Å². The average molecular weight is 420 g/mol. The fraction of sp³-hybridized carbons (Fsp3) is 0.167. The van der Waals surface area contributed by atoms with Crippen LogP contribution in [0.5, 0.6) is 11.5 Å². The van der Waals surface area contributed by atoms with Crippen molar-refractivity contribution < 1.29 is 24.2 Å². The number of amides is 2. The third-order valence-electron chi connectivity index (χ3n) is 4.59. The normalized spacial score (nSPS) is 10.2. The van der Waals surface area contributed by atoms with Crippen LogP contribution in [0, 0.1) is 0 Å². The van der Waals surface area contributed by atoms with Crippen molar-refractivity contribution in [1.82, 2.24) is 10.2 Å². The predicted octanol–water partition coefficient (Wildman–Crippen LogP) is 4.63. The van der Waals surface area contributed by atoms with E-state index < -0.39 is 6.16 Å². The van der Waals surface area contributed by atoms with Gasteiger partial charge in [0, 0.05) is 13.6 Å². The number of carbonyl (C=O) groups is 2. The van der Waals surface area contributed by atoms with Gasteiger partial charge in [-0.25, -0.2) is 9.59 Å². The lowest BCUT2D eigenvalue weighted by molar-refractivity contribution is 0.144. The van der Waals surface area contributed by atoms with Crippen molar-refractivity contribution in [2.24, 2.45) is 0 Å². The predicted molar refractivity (Wildman–Crippen MR) is 117 cm³/mol. The molecule has 0 spiro atoms. The highest BCUT2D eigenvalue weighted by atomic mass is 16.7. The van der Waals surface area contributed by atoms with Gasteiger partial charge in [0.15, 0.2) is 0 Å². The summed E-state index contributed by atoms with van der Waals surface area (Å²) < 4.78 is 10.4. The average Bonchev–Trinajstić information content (AvgIpc) is 2.79. The quantitative estimate of drug-likeness (QED) is 0.410. The molecule has 0 aliphatic rings. The second-order valence-electron chi connectivity index (χ2n) is 6.73. The Morgan fingerprint density at radius 3 is 2.00 bits per heavy atom. The summed E-state index contributed by atoms with van der Waals surface area (Å²) in [6.45, 7) is 1.31. The molecule has 3 aromatic carbocycles. The molecule has 0 aliphatic heterocycles. The fourth-order valence-corrected chi connectivity index (χ4v) is 3.05. The molecule has 0 saturated heterocycles. The van der Waals surface area contributed by atoms with E-state index in [1.165, 1.54) is 0 Å². The molecule has 3 rings (SSSR count). The van der Waals surface area contributed by atoms with E-state index in [1.54, 1.807) is 36.2 Å². The van der Waals surface area contributed by atoms with Crippen LogP contribution in [0.3, 0.4) is 0 Å². The second-order valence-corrected chi connectivity index (χ2v) is 6.73. The van der Waals surface area contributed by atoms with Gasteiger partial charge >= 0.3 is 12.2 Å². The Morgan fingerprint density at radius 1 is 0.871 bits per heavy atom. The van der Waals surface area contributed by atoms with Gasteiger partial charge in [0.05, 0.1) is 6.54 Å². The van der Waals surface area contributed by atoms with Gasteiger partial charge in [-0.2, -0.15) is 0 Å². The summed E-state index contributed by atoms with van der Waals surface area (Å²) in [7, 11) is 1.61. The van der Waals surface area contributed by atoms with E-state index in [4.69, 9.17) is 9.84 Å². The summed E-state index contributed by atoms with van der Waals surface area (Å²) in [5.74, 6) is 0.971. The molecule has 0 atom stereocenters. The van der Waals surface area contributed by atoms with Crippen LogP contribution in [0.25, 0.3) is 11.1 Å². The van der Waals surface area contributed by atoms with E-state index in [1.807, 2.05) is 54.6 Å². The third kappa shape index (κ3) is 6.50. The van der Waals surface area contributed by atoms with Gasteiger partial charge in [-0.15, -0.1) is 0 Å². The van der Waals surface area contributed by atoms with E-state index in [9.17, 15) is 9.59 Å². The van der Waals surface area contributed by atoms with Crippen LogP contribution in [0.1, 0.15) is 5.56 Å². The largest absolute Gasteiger partial charge is 0.511 e. The molecular weight excluding hydrogens is 396 g/mol. The molecule has 0 unspecified atom stereocenters. The molecule has 0 heterocycles. The number of carboxylic acid groups (broad SMARTS) is 1. The first-order chi connectivity index (χ1) is 15.0. The third-order valence-corrected chi connectivity index (χ3v) is 4.59. The van der Waals surface area contributed by atoms with Crippen LogP contribution < -0.4 is 14.8 Å². The summed E-state index contributed by atoms with van der Waals surface area (Å²) >= 11 is 0. The molecular formula is C24H24N2O5. The molecule has 0 radical (unpaired) electrons. The van der Waals surface area contributed by atoms with Gasteiger partial charge in [-0.3, -0.25) is 0 Å². The van der Waals surface area contributed by atoms with Crippen LogP contribution in [-0.2, 0) is 6.54 Å². The lowest BCUT2D eigenvalue weighted by Gasteiger charge is -2.22. The van der Waals surface area contributed by atoms with Crippen LogP contribution in [0.2, 0.25) is 0 Å². The van der Waals surface area contributed by atoms with Crippen molar-refractivity contribution >= 4 is 12.2 Å². The standard InChI is InChI=1S/C24H24N2O5/c1-25-23(27)26(17-18-5-3-2-4-6-18)15-16-30-21-11-7-19(8-12-21)20-9-13-22(14-10-20)31-24(28)29/h2-14H,15-17H2,1H3,(H,25,27)(H,28,29). The van der Waals surface area contributed by atoms with Crippen molar-refractivity contribution in [3.8, 4) is 22.6 Å². The summed E-state index contributed by atoms with van der Waals surface area (Å²) in [5, 5.41) is 11.3. The van der Waals surface area contributed by atoms with Crippen LogP contribution in [0.15, 0.2) is 78.9 Å². The first-order valence-electron chi connectivity index (χ1n) is 9.80. The van der Waals surface area contributed by atoms with Gasteiger partial charge in [0.25, 0.3) is 0 Å². The molecule has 0 fully saturated rings. The Kier molecular flexibility index (Phi) is 7.48. The van der Waals surface area contributed by atoms with Crippen molar-refractivity contribution in [1.29, 1.82) is 0 Å². The maximum atomic E-state index is 12.2. The minimum Gasteiger partial charge on any atom is -0.492 e. The fourth-order valence-electron chi connectivity index (χ4n) is 3.05. The Labute approximate surface area is 180 Å². The van der Waals surface area contributed by atoms with E-state index in [0.717, 1.165) is 16.7 Å². The van der Waals surface area contributed by atoms with Crippen LogP contribution in [-0.4, -0.2) is 42.4 Å². The van der Waals surface area contributed by atoms with E-state index in [2.05, 4.69) is 10.1 Å². The van der Waals surface area contributed by atoms with Gasteiger partial charge in [-0.05, 0) is 41.0 Å². The SMILES string of the molecule is CNC(=O)N(CCOc1ccc(-c2ccc(OC(=O)O)cc2)cc1)Cc1ccccc1. The van der Waals surface area contributed by atoms with E-state index >= 15 is 0 Å².